The van der Waals surface area contributed by atoms with Crippen molar-refractivity contribution in [3.63, 3.8) is 0 Å². The number of likely N-dealkylation sites (tertiary alicyclic amines) is 1. The van der Waals surface area contributed by atoms with Gasteiger partial charge in [0.25, 0.3) is 0 Å². The number of amides is 2. The van der Waals surface area contributed by atoms with Gasteiger partial charge < -0.3 is 20.6 Å². The van der Waals surface area contributed by atoms with E-state index >= 15 is 0 Å². The number of benzene rings is 1. The summed E-state index contributed by atoms with van der Waals surface area (Å²) in [6.07, 6.45) is 3.27. The first-order valence-electron chi connectivity index (χ1n) is 14.8. The van der Waals surface area contributed by atoms with Crippen LogP contribution >= 0.6 is 11.3 Å². The maximum Gasteiger partial charge on any atom is 0.248 e. The zero-order chi connectivity index (χ0) is 30.2. The number of carbonyl (C=O) groups excluding carboxylic acids is 2. The van der Waals surface area contributed by atoms with Gasteiger partial charge in [0.2, 0.25) is 11.8 Å². The number of aliphatic hydroxyl groups is 1. The number of aryl methyl sites for hydroxylation is 1. The summed E-state index contributed by atoms with van der Waals surface area (Å²) >= 11 is 1.60. The first-order chi connectivity index (χ1) is 19.8. The van der Waals surface area contributed by atoms with Gasteiger partial charge in [0.1, 0.15) is 12.1 Å². The van der Waals surface area contributed by atoms with Gasteiger partial charge >= 0.3 is 0 Å². The maximum absolute atomic E-state index is 14.2. The van der Waals surface area contributed by atoms with Crippen LogP contribution in [-0.2, 0) is 15.1 Å². The number of aliphatic hydroxyl groups excluding tert-OH is 1. The third-order valence-electron chi connectivity index (χ3n) is 8.52. The lowest BCUT2D eigenvalue weighted by molar-refractivity contribution is -0.144. The standard InChI is InChI=1S/C31H43N7O3S/c1-19-26(42-18-33-19)21-7-9-22(10-8-21)31(5,6)34-28(40)25-15-23(39)16-37(25)29(41)27(30(2,3)4)38-17-24(35-36-38)20-11-13-32-14-12-20/h7-10,17-18,20,23,25,27,32,39H,11-16H2,1-6H3,(H,34,40)/t23-,25+,27-/m1/s1. The molecule has 4 heterocycles. The van der Waals surface area contributed by atoms with Crippen LogP contribution in [0.15, 0.2) is 36.0 Å². The molecule has 0 radical (unpaired) electrons. The Morgan fingerprint density at radius 3 is 2.43 bits per heavy atom. The molecule has 42 heavy (non-hydrogen) atoms. The van der Waals surface area contributed by atoms with Crippen LogP contribution in [0.2, 0.25) is 0 Å². The minimum Gasteiger partial charge on any atom is -0.391 e. The summed E-state index contributed by atoms with van der Waals surface area (Å²) in [6.45, 7) is 13.8. The van der Waals surface area contributed by atoms with E-state index in [0.717, 1.165) is 53.3 Å². The lowest BCUT2D eigenvalue weighted by atomic mass is 9.85. The number of thiazole rings is 1. The Labute approximate surface area is 251 Å². The number of aromatic nitrogens is 4. The lowest BCUT2D eigenvalue weighted by Crippen LogP contribution is -2.53. The Bertz CT molecular complexity index is 1400. The number of nitrogens with one attached hydrogen (secondary N) is 2. The summed E-state index contributed by atoms with van der Waals surface area (Å²) in [5, 5.41) is 26.0. The van der Waals surface area contributed by atoms with Crippen molar-refractivity contribution in [2.45, 2.75) is 90.4 Å². The van der Waals surface area contributed by atoms with Gasteiger partial charge in [-0.15, -0.1) is 16.4 Å². The van der Waals surface area contributed by atoms with Crippen molar-refractivity contribution < 1.29 is 14.7 Å². The smallest absolute Gasteiger partial charge is 0.248 e. The van der Waals surface area contributed by atoms with Crippen LogP contribution in [0, 0.1) is 12.3 Å². The summed E-state index contributed by atoms with van der Waals surface area (Å²) in [5.41, 5.74) is 4.56. The molecule has 226 valence electrons. The summed E-state index contributed by atoms with van der Waals surface area (Å²) in [4.78, 5) is 34.9. The first-order valence-corrected chi connectivity index (χ1v) is 15.7. The average Bonchev–Trinajstić information content (AvgIpc) is 3.68. The van der Waals surface area contributed by atoms with Crippen LogP contribution in [-0.4, -0.2) is 73.6 Å². The molecule has 10 nitrogen and oxygen atoms in total. The molecule has 2 amide bonds. The highest BCUT2D eigenvalue weighted by Crippen LogP contribution is 2.36. The van der Waals surface area contributed by atoms with Crippen LogP contribution in [0.25, 0.3) is 10.4 Å². The topological polar surface area (TPSA) is 125 Å². The largest absolute Gasteiger partial charge is 0.391 e. The Kier molecular flexibility index (Phi) is 8.55. The molecule has 2 aliphatic heterocycles. The first kappa shape index (κ1) is 30.3. The molecule has 5 rings (SSSR count). The van der Waals surface area contributed by atoms with Crippen molar-refractivity contribution in [3.05, 3.63) is 52.9 Å². The second kappa shape index (κ2) is 11.9. The van der Waals surface area contributed by atoms with Crippen molar-refractivity contribution in [3.8, 4) is 10.4 Å². The highest BCUT2D eigenvalue weighted by molar-refractivity contribution is 7.13. The van der Waals surface area contributed by atoms with E-state index < -0.39 is 29.1 Å². The van der Waals surface area contributed by atoms with E-state index in [1.807, 2.05) is 77.5 Å². The van der Waals surface area contributed by atoms with Crippen molar-refractivity contribution in [2.24, 2.45) is 5.41 Å². The van der Waals surface area contributed by atoms with Crippen LogP contribution < -0.4 is 10.6 Å². The molecule has 0 bridgehead atoms. The highest BCUT2D eigenvalue weighted by Gasteiger charge is 2.46. The fourth-order valence-corrected chi connectivity index (χ4v) is 6.96. The summed E-state index contributed by atoms with van der Waals surface area (Å²) in [6, 6.07) is 6.66. The molecule has 2 aromatic heterocycles. The van der Waals surface area contributed by atoms with E-state index in [4.69, 9.17) is 0 Å². The molecule has 0 saturated carbocycles. The molecular formula is C31H43N7O3S. The van der Waals surface area contributed by atoms with Crippen LogP contribution in [0.4, 0.5) is 0 Å². The predicted octanol–water partition coefficient (Wildman–Crippen LogP) is 3.78. The second-order valence-electron chi connectivity index (χ2n) is 13.3. The van der Waals surface area contributed by atoms with Crippen molar-refractivity contribution >= 4 is 23.2 Å². The van der Waals surface area contributed by atoms with Crippen molar-refractivity contribution in [2.75, 3.05) is 19.6 Å². The molecule has 2 saturated heterocycles. The SMILES string of the molecule is Cc1ncsc1-c1ccc(C(C)(C)NC(=O)[C@@H]2C[C@@H](O)CN2C(=O)[C@@H](n2cc(C3CCNCC3)nn2)C(C)(C)C)cc1. The number of β-amino-alcohol motifs (C(OH)–C–C–N with tert-alkyl or cyclic N) is 1. The van der Waals surface area contributed by atoms with Gasteiger partial charge in [0.15, 0.2) is 0 Å². The van der Waals surface area contributed by atoms with E-state index in [-0.39, 0.29) is 24.8 Å². The van der Waals surface area contributed by atoms with E-state index in [0.29, 0.717) is 5.92 Å². The van der Waals surface area contributed by atoms with Gasteiger partial charge in [-0.05, 0) is 63.2 Å². The molecule has 3 N–H and O–H groups in total. The minimum absolute atomic E-state index is 0.0999. The quantitative estimate of drug-likeness (QED) is 0.381. The molecule has 2 fully saturated rings. The number of hydrogen-bond acceptors (Lipinski definition) is 8. The van der Waals surface area contributed by atoms with Gasteiger partial charge in [-0.3, -0.25) is 9.59 Å². The van der Waals surface area contributed by atoms with Gasteiger partial charge in [0, 0.05) is 25.1 Å². The third-order valence-corrected chi connectivity index (χ3v) is 9.50. The molecule has 3 aromatic rings. The Morgan fingerprint density at radius 2 is 1.81 bits per heavy atom. The monoisotopic (exact) mass is 593 g/mol. The van der Waals surface area contributed by atoms with Crippen molar-refractivity contribution in [1.82, 2.24) is 35.5 Å². The predicted molar refractivity (Wildman–Crippen MR) is 163 cm³/mol. The van der Waals surface area contributed by atoms with Gasteiger partial charge in [0.05, 0.1) is 33.4 Å². The molecule has 1 aromatic carbocycles. The third kappa shape index (κ3) is 6.28. The average molecular weight is 594 g/mol. The Balaban J connectivity index is 1.34. The number of rotatable bonds is 7. The number of piperidine rings is 1. The zero-order valence-electron chi connectivity index (χ0n) is 25.4. The molecule has 0 aliphatic carbocycles. The van der Waals surface area contributed by atoms with E-state index in [1.165, 1.54) is 4.90 Å². The summed E-state index contributed by atoms with van der Waals surface area (Å²) in [7, 11) is 0. The van der Waals surface area contributed by atoms with Crippen LogP contribution in [0.5, 0.6) is 0 Å². The second-order valence-corrected chi connectivity index (χ2v) is 14.1. The number of hydrogen-bond donors (Lipinski definition) is 3. The highest BCUT2D eigenvalue weighted by atomic mass is 32.1. The maximum atomic E-state index is 14.2. The van der Waals surface area contributed by atoms with E-state index in [1.54, 1.807) is 16.0 Å². The normalized spacial score (nSPS) is 21.0. The molecule has 11 heteroatoms. The Hall–Kier alpha value is -3.15. The molecular weight excluding hydrogens is 550 g/mol. The summed E-state index contributed by atoms with van der Waals surface area (Å²) < 4.78 is 1.66. The molecule has 2 aliphatic rings. The fraction of sp³-hybridized carbons (Fsp3) is 0.581. The summed E-state index contributed by atoms with van der Waals surface area (Å²) in [5.74, 6) is -0.206. The van der Waals surface area contributed by atoms with E-state index in [2.05, 4.69) is 25.9 Å². The van der Waals surface area contributed by atoms with E-state index in [9.17, 15) is 14.7 Å². The van der Waals surface area contributed by atoms with Crippen molar-refractivity contribution in [1.29, 1.82) is 0 Å². The molecule has 3 atom stereocenters. The van der Waals surface area contributed by atoms with Gasteiger partial charge in [-0.1, -0.05) is 50.3 Å². The number of nitrogens with zero attached hydrogens (tertiary/aromatic N) is 5. The van der Waals surface area contributed by atoms with Gasteiger partial charge in [-0.2, -0.15) is 0 Å². The molecule has 0 unspecified atom stereocenters. The van der Waals surface area contributed by atoms with Gasteiger partial charge in [-0.25, -0.2) is 9.67 Å². The zero-order valence-corrected chi connectivity index (χ0v) is 26.2. The molecule has 0 spiro atoms. The van der Waals surface area contributed by atoms with Crippen LogP contribution in [0.1, 0.15) is 82.8 Å². The number of carbonyl (C=O) groups is 2. The Morgan fingerprint density at radius 1 is 1.12 bits per heavy atom. The lowest BCUT2D eigenvalue weighted by Gasteiger charge is -2.36. The van der Waals surface area contributed by atoms with Crippen LogP contribution in [0.3, 0.4) is 0 Å². The minimum atomic E-state index is -0.789. The fourth-order valence-electron chi connectivity index (χ4n) is 6.15.